The molecule has 2 aromatic carbocycles. The number of fused-ring (bicyclic) bond motifs is 1. The molecule has 0 bridgehead atoms. The number of anilines is 1. The molecule has 1 saturated carbocycles. The summed E-state index contributed by atoms with van der Waals surface area (Å²) < 4.78 is 23.2. The number of nitrogens with zero attached hydrogens (tertiary/aromatic N) is 2. The Hall–Kier alpha value is -2.71. The molecule has 2 N–H and O–H groups in total. The van der Waals surface area contributed by atoms with E-state index in [9.17, 15) is 13.2 Å². The molecule has 1 aromatic heterocycles. The van der Waals surface area contributed by atoms with Crippen LogP contribution in [0.15, 0.2) is 42.5 Å². The van der Waals surface area contributed by atoms with Crippen LogP contribution in [0.3, 0.4) is 0 Å². The minimum Gasteiger partial charge on any atom is -0.342 e. The third-order valence-corrected chi connectivity index (χ3v) is 7.89. The maximum atomic E-state index is 12.8. The molecule has 1 amide bonds. The van der Waals surface area contributed by atoms with Crippen LogP contribution in [-0.2, 0) is 16.4 Å². The molecule has 3 aromatic rings. The maximum Gasteiger partial charge on any atom is 0.255 e. The molecule has 0 atom stereocenters. The molecule has 0 spiro atoms. The summed E-state index contributed by atoms with van der Waals surface area (Å²) in [5.74, 6) is 1.81. The van der Waals surface area contributed by atoms with Crippen molar-refractivity contribution in [2.75, 3.05) is 29.9 Å². The van der Waals surface area contributed by atoms with Crippen LogP contribution in [0, 0.1) is 0 Å². The summed E-state index contributed by atoms with van der Waals surface area (Å²) in [6, 6.07) is 13.3. The van der Waals surface area contributed by atoms with Gasteiger partial charge in [0.2, 0.25) is 0 Å². The molecule has 1 aliphatic carbocycles. The number of carbonyl (C=O) groups is 1. The monoisotopic (exact) mass is 438 g/mol. The van der Waals surface area contributed by atoms with Crippen molar-refractivity contribution in [3.63, 3.8) is 0 Å². The van der Waals surface area contributed by atoms with Gasteiger partial charge in [0.1, 0.15) is 5.82 Å². The van der Waals surface area contributed by atoms with Gasteiger partial charge in [-0.05, 0) is 48.7 Å². The molecule has 31 heavy (non-hydrogen) atoms. The summed E-state index contributed by atoms with van der Waals surface area (Å²) in [6.45, 7) is 1.71. The number of hydrogen-bond donors (Lipinski definition) is 2. The molecule has 162 valence electrons. The van der Waals surface area contributed by atoms with Gasteiger partial charge in [-0.3, -0.25) is 9.69 Å². The summed E-state index contributed by atoms with van der Waals surface area (Å²) in [5.41, 5.74) is 4.18. The Bertz CT molecular complexity index is 1220. The Balaban J connectivity index is 1.26. The van der Waals surface area contributed by atoms with Crippen molar-refractivity contribution < 1.29 is 13.2 Å². The van der Waals surface area contributed by atoms with Gasteiger partial charge in [-0.2, -0.15) is 0 Å². The fourth-order valence-electron chi connectivity index (χ4n) is 4.16. The zero-order chi connectivity index (χ0) is 21.4. The molecule has 1 saturated heterocycles. The van der Waals surface area contributed by atoms with E-state index in [0.717, 1.165) is 28.1 Å². The zero-order valence-electron chi connectivity index (χ0n) is 17.3. The molecular formula is C23H26N4O3S. The summed E-state index contributed by atoms with van der Waals surface area (Å²) in [4.78, 5) is 23.0. The molecule has 0 radical (unpaired) electrons. The molecule has 8 heteroatoms. The van der Waals surface area contributed by atoms with E-state index in [1.54, 1.807) is 6.07 Å². The third kappa shape index (κ3) is 4.50. The van der Waals surface area contributed by atoms with E-state index in [2.05, 4.69) is 20.2 Å². The topological polar surface area (TPSA) is 95.2 Å². The number of carbonyl (C=O) groups excluding carboxylic acids is 1. The Labute approximate surface area is 181 Å². The number of nitrogens with one attached hydrogen (secondary N) is 2. The molecule has 2 heterocycles. The van der Waals surface area contributed by atoms with Crippen molar-refractivity contribution in [1.82, 2.24) is 14.9 Å². The quantitative estimate of drug-likeness (QED) is 0.637. The first-order valence-electron chi connectivity index (χ1n) is 10.8. The first-order valence-corrected chi connectivity index (χ1v) is 12.6. The van der Waals surface area contributed by atoms with Crippen molar-refractivity contribution in [3.8, 4) is 0 Å². The van der Waals surface area contributed by atoms with E-state index in [1.165, 1.54) is 19.3 Å². The number of aromatic amines is 1. The number of rotatable bonds is 5. The third-order valence-electron chi connectivity index (χ3n) is 6.28. The second kappa shape index (κ2) is 8.09. The van der Waals surface area contributed by atoms with E-state index in [4.69, 9.17) is 0 Å². The Morgan fingerprint density at radius 1 is 1.13 bits per heavy atom. The zero-order valence-corrected chi connectivity index (χ0v) is 18.1. The Morgan fingerprint density at radius 2 is 1.94 bits per heavy atom. The van der Waals surface area contributed by atoms with Crippen molar-refractivity contribution in [1.29, 1.82) is 0 Å². The second-order valence-corrected chi connectivity index (χ2v) is 10.9. The molecule has 1 aliphatic heterocycles. The largest absolute Gasteiger partial charge is 0.342 e. The molecular weight excluding hydrogens is 412 g/mol. The smallest absolute Gasteiger partial charge is 0.255 e. The summed E-state index contributed by atoms with van der Waals surface area (Å²) in [5, 5.41) is 2.98. The number of aromatic nitrogens is 2. The van der Waals surface area contributed by atoms with E-state index in [-0.39, 0.29) is 17.4 Å². The van der Waals surface area contributed by atoms with Gasteiger partial charge in [-0.25, -0.2) is 13.4 Å². The van der Waals surface area contributed by atoms with Crippen LogP contribution in [-0.4, -0.2) is 53.8 Å². The van der Waals surface area contributed by atoms with Gasteiger partial charge in [-0.15, -0.1) is 0 Å². The normalized spacial score (nSPS) is 19.2. The van der Waals surface area contributed by atoms with Crippen LogP contribution in [0.25, 0.3) is 11.0 Å². The van der Waals surface area contributed by atoms with E-state index >= 15 is 0 Å². The first kappa shape index (κ1) is 20.2. The van der Waals surface area contributed by atoms with Crippen molar-refractivity contribution >= 4 is 32.5 Å². The van der Waals surface area contributed by atoms with Crippen molar-refractivity contribution in [2.24, 2.45) is 0 Å². The fourth-order valence-corrected chi connectivity index (χ4v) is 5.44. The lowest BCUT2D eigenvalue weighted by Crippen LogP contribution is -2.39. The summed E-state index contributed by atoms with van der Waals surface area (Å²) in [6.07, 6.45) is 3.64. The van der Waals surface area contributed by atoms with Gasteiger partial charge in [-0.1, -0.05) is 18.6 Å². The van der Waals surface area contributed by atoms with E-state index in [1.807, 2.05) is 36.4 Å². The van der Waals surface area contributed by atoms with Gasteiger partial charge in [0.05, 0.1) is 22.5 Å². The van der Waals surface area contributed by atoms with Gasteiger partial charge in [0, 0.05) is 36.8 Å². The number of sulfone groups is 1. The highest BCUT2D eigenvalue weighted by atomic mass is 32.2. The lowest BCUT2D eigenvalue weighted by Gasteiger charge is -2.26. The highest BCUT2D eigenvalue weighted by Crippen LogP contribution is 2.35. The van der Waals surface area contributed by atoms with Crippen LogP contribution in [0.4, 0.5) is 5.69 Å². The minimum atomic E-state index is -2.89. The lowest BCUT2D eigenvalue weighted by atomic mass is 9.85. The lowest BCUT2D eigenvalue weighted by molar-refractivity contribution is 0.102. The fraction of sp³-hybridized carbons (Fsp3) is 0.391. The number of benzene rings is 2. The predicted octanol–water partition coefficient (Wildman–Crippen LogP) is 3.31. The van der Waals surface area contributed by atoms with Crippen LogP contribution >= 0.6 is 0 Å². The second-order valence-electron chi connectivity index (χ2n) is 8.56. The van der Waals surface area contributed by atoms with Gasteiger partial charge in [0.15, 0.2) is 9.84 Å². The highest BCUT2D eigenvalue weighted by molar-refractivity contribution is 7.91. The number of H-pyrrole nitrogens is 1. The van der Waals surface area contributed by atoms with Crippen LogP contribution in [0.1, 0.15) is 46.9 Å². The molecule has 2 fully saturated rings. The standard InChI is InChI=1S/C23H26N4O3S/c28-23(18-6-1-3-16(13-18)15-27-9-11-31(29,30)12-10-27)24-19-7-8-20-21(14-19)26-22(25-20)17-4-2-5-17/h1,3,6-8,13-14,17H,2,4-5,9-12,15H2,(H,24,28)(H,25,26). The van der Waals surface area contributed by atoms with Gasteiger partial charge < -0.3 is 10.3 Å². The van der Waals surface area contributed by atoms with Crippen LogP contribution in [0.5, 0.6) is 0 Å². The van der Waals surface area contributed by atoms with E-state index < -0.39 is 9.84 Å². The molecule has 0 unspecified atom stereocenters. The predicted molar refractivity (Wildman–Crippen MR) is 121 cm³/mol. The summed E-state index contributed by atoms with van der Waals surface area (Å²) >= 11 is 0. The van der Waals surface area contributed by atoms with Gasteiger partial charge in [0.25, 0.3) is 5.91 Å². The number of amides is 1. The average molecular weight is 439 g/mol. The van der Waals surface area contributed by atoms with Crippen molar-refractivity contribution in [2.45, 2.75) is 31.7 Å². The minimum absolute atomic E-state index is 0.166. The maximum absolute atomic E-state index is 12.8. The molecule has 7 nitrogen and oxygen atoms in total. The SMILES string of the molecule is O=C(Nc1ccc2nc(C3CCC3)[nH]c2c1)c1cccc(CN2CCS(=O)(=O)CC2)c1. The van der Waals surface area contributed by atoms with Gasteiger partial charge >= 0.3 is 0 Å². The highest BCUT2D eigenvalue weighted by Gasteiger charge is 2.23. The Morgan fingerprint density at radius 3 is 2.68 bits per heavy atom. The van der Waals surface area contributed by atoms with Crippen LogP contribution < -0.4 is 5.32 Å². The number of hydrogen-bond acceptors (Lipinski definition) is 5. The summed E-state index contributed by atoms with van der Waals surface area (Å²) in [7, 11) is -2.89. The Kier molecular flexibility index (Phi) is 5.27. The van der Waals surface area contributed by atoms with Crippen LogP contribution in [0.2, 0.25) is 0 Å². The first-order chi connectivity index (χ1) is 14.9. The number of imidazole rings is 1. The van der Waals surface area contributed by atoms with E-state index in [0.29, 0.717) is 31.1 Å². The average Bonchev–Trinajstić information content (AvgIpc) is 3.11. The van der Waals surface area contributed by atoms with Crippen molar-refractivity contribution in [3.05, 3.63) is 59.4 Å². The molecule has 5 rings (SSSR count). The molecule has 2 aliphatic rings.